The Balaban J connectivity index is 0.000000176. The van der Waals surface area contributed by atoms with Gasteiger partial charge in [0.2, 0.25) is 6.71 Å². The van der Waals surface area contributed by atoms with Gasteiger partial charge in [-0.2, -0.15) is 0 Å². The summed E-state index contributed by atoms with van der Waals surface area (Å²) in [7, 11) is 0. The van der Waals surface area contributed by atoms with Crippen LogP contribution in [-0.4, -0.2) is 16.7 Å². The molecule has 0 N–H and O–H groups in total. The molecule has 8 rings (SSSR count). The van der Waals surface area contributed by atoms with E-state index in [1.54, 1.807) is 0 Å². The van der Waals surface area contributed by atoms with Crippen LogP contribution in [0.4, 0.5) is 0 Å². The molecule has 2 aliphatic rings. The molecule has 0 atom stereocenters. The van der Waals surface area contributed by atoms with Gasteiger partial charge in [0.15, 0.2) is 0 Å². The van der Waals surface area contributed by atoms with E-state index in [4.69, 9.17) is 0 Å². The van der Waals surface area contributed by atoms with Crippen LogP contribution < -0.4 is 16.4 Å². The SMILES string of the molecule is Cc1c[c-]c(-c2cc(C)c(C)cn2)cc1.[Ir].[c-]1cc2c(cc1-c1ccccn1)B1c3ccccc3Sc3cccc(c31)S2. The predicted molar refractivity (Wildman–Crippen MR) is 177 cm³/mol. The predicted octanol–water partition coefficient (Wildman–Crippen LogP) is 7.47. The average Bonchev–Trinajstić information content (AvgIpc) is 3.03. The number of fused-ring (bicyclic) bond motifs is 4. The Hall–Kier alpha value is -3.41. The molecule has 0 spiro atoms. The topological polar surface area (TPSA) is 25.8 Å². The van der Waals surface area contributed by atoms with Crippen LogP contribution in [0, 0.1) is 32.9 Å². The van der Waals surface area contributed by atoms with E-state index >= 15 is 0 Å². The molecule has 0 aliphatic carbocycles. The van der Waals surface area contributed by atoms with Gasteiger partial charge in [-0.1, -0.05) is 77.1 Å². The summed E-state index contributed by atoms with van der Waals surface area (Å²) in [6.45, 7) is 6.52. The molecular weight excluding hydrogens is 740 g/mol. The number of aryl methyl sites for hydroxylation is 3. The zero-order chi connectivity index (χ0) is 28.6. The van der Waals surface area contributed by atoms with Crippen molar-refractivity contribution in [1.82, 2.24) is 9.97 Å². The molecule has 4 heterocycles. The van der Waals surface area contributed by atoms with Gasteiger partial charge >= 0.3 is 0 Å². The third-order valence-corrected chi connectivity index (χ3v) is 10.1. The monoisotopic (exact) mass is 767 g/mol. The van der Waals surface area contributed by atoms with Crippen molar-refractivity contribution in [3.05, 3.63) is 138 Å². The number of aromatic nitrogens is 2. The van der Waals surface area contributed by atoms with Gasteiger partial charge in [-0.05, 0) is 65.4 Å². The van der Waals surface area contributed by atoms with E-state index in [-0.39, 0.29) is 26.8 Å². The number of nitrogens with zero attached hydrogens (tertiary/aromatic N) is 2. The van der Waals surface area contributed by atoms with E-state index in [1.807, 2.05) is 54.1 Å². The fraction of sp³-hybridized carbons (Fsp3) is 0.0811. The largest absolute Gasteiger partial charge is 0.305 e. The molecule has 4 aromatic carbocycles. The second-order valence-corrected chi connectivity index (χ2v) is 12.8. The van der Waals surface area contributed by atoms with Gasteiger partial charge < -0.3 is 9.97 Å². The van der Waals surface area contributed by atoms with Crippen LogP contribution in [0.25, 0.3) is 22.5 Å². The first-order valence-corrected chi connectivity index (χ1v) is 15.6. The Morgan fingerprint density at radius 3 is 2.09 bits per heavy atom. The van der Waals surface area contributed by atoms with Crippen molar-refractivity contribution in [1.29, 1.82) is 0 Å². The Morgan fingerprint density at radius 1 is 0.605 bits per heavy atom. The van der Waals surface area contributed by atoms with Crippen LogP contribution in [0.3, 0.4) is 0 Å². The number of rotatable bonds is 2. The summed E-state index contributed by atoms with van der Waals surface area (Å²) in [6, 6.07) is 40.9. The van der Waals surface area contributed by atoms with Gasteiger partial charge in [-0.3, -0.25) is 0 Å². The molecule has 6 heteroatoms. The smallest absolute Gasteiger partial charge is 0.228 e. The Labute approximate surface area is 276 Å². The molecule has 0 amide bonds. The van der Waals surface area contributed by atoms with Crippen molar-refractivity contribution >= 4 is 46.6 Å². The molecule has 0 saturated carbocycles. The Bertz CT molecular complexity index is 1910. The maximum absolute atomic E-state index is 4.53. The maximum Gasteiger partial charge on any atom is 0.228 e. The molecule has 211 valence electrons. The van der Waals surface area contributed by atoms with Crippen LogP contribution in [-0.2, 0) is 20.1 Å². The molecule has 43 heavy (non-hydrogen) atoms. The normalized spacial score (nSPS) is 12.1. The van der Waals surface area contributed by atoms with E-state index in [2.05, 4.69) is 122 Å². The van der Waals surface area contributed by atoms with Crippen molar-refractivity contribution in [2.75, 3.05) is 0 Å². The fourth-order valence-electron chi connectivity index (χ4n) is 5.43. The van der Waals surface area contributed by atoms with Gasteiger partial charge in [-0.15, -0.1) is 76.4 Å². The third kappa shape index (κ3) is 5.90. The maximum atomic E-state index is 4.53. The molecule has 0 unspecified atom stereocenters. The molecular formula is C37H27BIrN2S2-2. The Kier molecular flexibility index (Phi) is 8.74. The quantitative estimate of drug-likeness (QED) is 0.135. The number of benzene rings is 4. The standard InChI is InChI=1S/C23H13BNS2.C14H14N.Ir/c1-2-8-19-16(6-1)24-17-14-15(18-7-3-4-13-25-18)11-12-20(17)27-22-10-5-9-21(26-19)23(22)24;1-10-4-6-13(7-5-10)14-8-11(2)12(3)9-15-14;/h1-10,12-14H;4-6,8-9H,1-3H3;/q2*-1;. The zero-order valence-corrected chi connectivity index (χ0v) is 28.0. The first kappa shape index (κ1) is 29.7. The van der Waals surface area contributed by atoms with Crippen LogP contribution in [0.2, 0.25) is 0 Å². The van der Waals surface area contributed by atoms with Crippen LogP contribution in [0.15, 0.2) is 129 Å². The van der Waals surface area contributed by atoms with Crippen LogP contribution >= 0.6 is 23.5 Å². The summed E-state index contributed by atoms with van der Waals surface area (Å²) < 4.78 is 0. The minimum absolute atomic E-state index is 0. The summed E-state index contributed by atoms with van der Waals surface area (Å²) in [6.07, 6.45) is 3.76. The van der Waals surface area contributed by atoms with Crippen molar-refractivity contribution in [3.63, 3.8) is 0 Å². The third-order valence-electron chi connectivity index (χ3n) is 7.80. The van der Waals surface area contributed by atoms with Gasteiger partial charge in [0.1, 0.15) is 0 Å². The van der Waals surface area contributed by atoms with Crippen molar-refractivity contribution < 1.29 is 20.1 Å². The molecule has 6 aromatic rings. The summed E-state index contributed by atoms with van der Waals surface area (Å²) in [5, 5.41) is 0. The minimum atomic E-state index is 0. The van der Waals surface area contributed by atoms with Gasteiger partial charge in [0, 0.05) is 42.3 Å². The first-order valence-electron chi connectivity index (χ1n) is 14.0. The molecule has 0 bridgehead atoms. The van der Waals surface area contributed by atoms with E-state index in [9.17, 15) is 0 Å². The summed E-state index contributed by atoms with van der Waals surface area (Å²) in [5.74, 6) is 0. The summed E-state index contributed by atoms with van der Waals surface area (Å²) >= 11 is 3.75. The number of hydrogen-bond acceptors (Lipinski definition) is 4. The van der Waals surface area contributed by atoms with E-state index in [0.29, 0.717) is 0 Å². The van der Waals surface area contributed by atoms with E-state index in [1.165, 1.54) is 52.7 Å². The van der Waals surface area contributed by atoms with Crippen molar-refractivity contribution in [2.45, 2.75) is 40.4 Å². The number of hydrogen-bond donors (Lipinski definition) is 0. The van der Waals surface area contributed by atoms with Crippen molar-refractivity contribution in [3.8, 4) is 22.5 Å². The van der Waals surface area contributed by atoms with Crippen LogP contribution in [0.1, 0.15) is 16.7 Å². The summed E-state index contributed by atoms with van der Waals surface area (Å²) in [5.41, 5.74) is 12.0. The zero-order valence-electron chi connectivity index (χ0n) is 24.0. The first-order chi connectivity index (χ1) is 20.5. The van der Waals surface area contributed by atoms with Crippen molar-refractivity contribution in [2.24, 2.45) is 0 Å². The summed E-state index contributed by atoms with van der Waals surface area (Å²) in [4.78, 5) is 14.3. The molecule has 2 aromatic heterocycles. The number of pyridine rings is 2. The Morgan fingerprint density at radius 2 is 1.35 bits per heavy atom. The minimum Gasteiger partial charge on any atom is -0.305 e. The second kappa shape index (κ2) is 12.7. The fourth-order valence-corrected chi connectivity index (χ4v) is 7.80. The molecule has 2 nitrogen and oxygen atoms in total. The molecule has 0 fully saturated rings. The molecule has 2 aliphatic heterocycles. The van der Waals surface area contributed by atoms with Gasteiger partial charge in [0.05, 0.1) is 0 Å². The van der Waals surface area contributed by atoms with E-state index < -0.39 is 0 Å². The molecule has 1 radical (unpaired) electrons. The second-order valence-electron chi connectivity index (χ2n) is 10.7. The van der Waals surface area contributed by atoms with Crippen LogP contribution in [0.5, 0.6) is 0 Å². The van der Waals surface area contributed by atoms with Gasteiger partial charge in [0.25, 0.3) is 0 Å². The molecule has 0 saturated heterocycles. The average molecular weight is 767 g/mol. The van der Waals surface area contributed by atoms with Gasteiger partial charge in [-0.25, -0.2) is 0 Å². The van der Waals surface area contributed by atoms with E-state index in [0.717, 1.165) is 22.5 Å².